The maximum absolute atomic E-state index is 5.77. The molecule has 2 heterocycles. The van der Waals surface area contributed by atoms with Crippen LogP contribution in [0.15, 0.2) is 36.0 Å². The summed E-state index contributed by atoms with van der Waals surface area (Å²) < 4.78 is 1.88. The number of nitrogens with two attached hydrogens (primary N) is 1. The first kappa shape index (κ1) is 11.1. The van der Waals surface area contributed by atoms with Gasteiger partial charge in [-0.05, 0) is 17.7 Å². The smallest absolute Gasteiger partial charge is 0.191 e. The number of nitrogens with zero attached hydrogens (tertiary/aromatic N) is 4. The first-order chi connectivity index (χ1) is 7.81. The van der Waals surface area contributed by atoms with Gasteiger partial charge in [-0.2, -0.15) is 0 Å². The molecule has 6 heteroatoms. The number of hydrogen-bond donors (Lipinski definition) is 1. The zero-order valence-corrected chi connectivity index (χ0v) is 9.76. The third-order valence-electron chi connectivity index (χ3n) is 2.21. The van der Waals surface area contributed by atoms with Crippen LogP contribution in [-0.2, 0) is 7.05 Å². The van der Waals surface area contributed by atoms with Crippen LogP contribution >= 0.6 is 11.8 Å². The van der Waals surface area contributed by atoms with Crippen molar-refractivity contribution in [1.82, 2.24) is 19.7 Å². The van der Waals surface area contributed by atoms with E-state index in [2.05, 4.69) is 15.2 Å². The molecule has 0 aromatic carbocycles. The van der Waals surface area contributed by atoms with E-state index in [1.54, 1.807) is 30.5 Å². The lowest BCUT2D eigenvalue weighted by Gasteiger charge is -2.13. The van der Waals surface area contributed by atoms with Crippen molar-refractivity contribution in [2.45, 2.75) is 10.4 Å². The Kier molecular flexibility index (Phi) is 3.53. The molecule has 0 aliphatic carbocycles. The molecule has 0 aliphatic rings. The summed E-state index contributed by atoms with van der Waals surface area (Å²) in [7, 11) is 1.92. The summed E-state index contributed by atoms with van der Waals surface area (Å²) in [4.78, 5) is 3.99. The third kappa shape index (κ3) is 2.40. The average molecular weight is 235 g/mol. The maximum atomic E-state index is 5.77. The van der Waals surface area contributed by atoms with Gasteiger partial charge in [0.05, 0.1) is 0 Å². The number of thioether (sulfide) groups is 1. The van der Waals surface area contributed by atoms with Crippen LogP contribution in [0.3, 0.4) is 0 Å². The van der Waals surface area contributed by atoms with Gasteiger partial charge < -0.3 is 10.3 Å². The lowest BCUT2D eigenvalue weighted by molar-refractivity contribution is 0.781. The van der Waals surface area contributed by atoms with Gasteiger partial charge in [0.15, 0.2) is 5.16 Å². The highest BCUT2D eigenvalue weighted by Crippen LogP contribution is 2.32. The standard InChI is InChI=1S/C10H13N5S/c1-15-7-13-14-10(15)16-9(6-11)8-2-4-12-5-3-8/h2-5,7,9H,6,11H2,1H3. The Morgan fingerprint density at radius 1 is 1.44 bits per heavy atom. The van der Waals surface area contributed by atoms with Crippen molar-refractivity contribution in [3.05, 3.63) is 36.4 Å². The topological polar surface area (TPSA) is 69.6 Å². The van der Waals surface area contributed by atoms with Crippen LogP contribution in [0, 0.1) is 0 Å². The lowest BCUT2D eigenvalue weighted by Crippen LogP contribution is -2.10. The Morgan fingerprint density at radius 2 is 2.19 bits per heavy atom. The van der Waals surface area contributed by atoms with Gasteiger partial charge in [-0.3, -0.25) is 4.98 Å². The van der Waals surface area contributed by atoms with E-state index in [9.17, 15) is 0 Å². The predicted octanol–water partition coefficient (Wildman–Crippen LogP) is 1.00. The van der Waals surface area contributed by atoms with Crippen molar-refractivity contribution in [3.8, 4) is 0 Å². The molecule has 0 radical (unpaired) electrons. The Morgan fingerprint density at radius 3 is 2.75 bits per heavy atom. The molecule has 2 aromatic heterocycles. The van der Waals surface area contributed by atoms with Crippen LogP contribution in [0.4, 0.5) is 0 Å². The highest BCUT2D eigenvalue weighted by Gasteiger charge is 2.14. The second-order valence-electron chi connectivity index (χ2n) is 3.35. The van der Waals surface area contributed by atoms with Crippen LogP contribution in [-0.4, -0.2) is 26.3 Å². The fourth-order valence-electron chi connectivity index (χ4n) is 1.34. The summed E-state index contributed by atoms with van der Waals surface area (Å²) >= 11 is 1.61. The van der Waals surface area contributed by atoms with E-state index in [4.69, 9.17) is 5.73 Å². The zero-order chi connectivity index (χ0) is 11.4. The Hall–Kier alpha value is -1.40. The minimum absolute atomic E-state index is 0.186. The van der Waals surface area contributed by atoms with E-state index in [1.165, 1.54) is 0 Å². The van der Waals surface area contributed by atoms with Crippen molar-refractivity contribution in [2.24, 2.45) is 12.8 Å². The second-order valence-corrected chi connectivity index (χ2v) is 4.52. The van der Waals surface area contributed by atoms with E-state index >= 15 is 0 Å². The molecular formula is C10H13N5S. The molecule has 2 N–H and O–H groups in total. The average Bonchev–Trinajstić information content (AvgIpc) is 2.73. The molecule has 1 atom stereocenters. The van der Waals surface area contributed by atoms with Crippen molar-refractivity contribution in [2.75, 3.05) is 6.54 Å². The summed E-state index contributed by atoms with van der Waals surface area (Å²) in [5.74, 6) is 0. The predicted molar refractivity (Wildman–Crippen MR) is 62.9 cm³/mol. The van der Waals surface area contributed by atoms with Gasteiger partial charge in [-0.15, -0.1) is 10.2 Å². The number of rotatable bonds is 4. The molecule has 1 unspecified atom stereocenters. The van der Waals surface area contributed by atoms with Crippen LogP contribution in [0.1, 0.15) is 10.8 Å². The molecule has 84 valence electrons. The SMILES string of the molecule is Cn1cnnc1SC(CN)c1ccncc1. The van der Waals surface area contributed by atoms with Gasteiger partial charge in [0.25, 0.3) is 0 Å². The molecule has 0 fully saturated rings. The minimum Gasteiger partial charge on any atom is -0.329 e. The number of pyridine rings is 1. The molecule has 2 rings (SSSR count). The molecule has 0 amide bonds. The second kappa shape index (κ2) is 5.09. The van der Waals surface area contributed by atoms with E-state index in [0.717, 1.165) is 10.7 Å². The molecule has 16 heavy (non-hydrogen) atoms. The number of hydrogen-bond acceptors (Lipinski definition) is 5. The van der Waals surface area contributed by atoms with Crippen molar-refractivity contribution in [3.63, 3.8) is 0 Å². The zero-order valence-electron chi connectivity index (χ0n) is 8.95. The Bertz CT molecular complexity index is 441. The van der Waals surface area contributed by atoms with Crippen molar-refractivity contribution in [1.29, 1.82) is 0 Å². The highest BCUT2D eigenvalue weighted by atomic mass is 32.2. The molecule has 0 saturated heterocycles. The fraction of sp³-hybridized carbons (Fsp3) is 0.300. The molecule has 2 aromatic rings. The summed E-state index contributed by atoms with van der Waals surface area (Å²) in [5.41, 5.74) is 6.93. The summed E-state index contributed by atoms with van der Waals surface area (Å²) in [5, 5.41) is 8.93. The van der Waals surface area contributed by atoms with E-state index in [1.807, 2.05) is 23.7 Å². The molecular weight excluding hydrogens is 222 g/mol. The van der Waals surface area contributed by atoms with Crippen LogP contribution < -0.4 is 5.73 Å². The maximum Gasteiger partial charge on any atom is 0.191 e. The largest absolute Gasteiger partial charge is 0.329 e. The van der Waals surface area contributed by atoms with Gasteiger partial charge in [0.1, 0.15) is 6.33 Å². The van der Waals surface area contributed by atoms with Gasteiger partial charge in [0, 0.05) is 31.2 Å². The van der Waals surface area contributed by atoms with Gasteiger partial charge in [-0.1, -0.05) is 11.8 Å². The third-order valence-corrected chi connectivity index (χ3v) is 3.54. The summed E-state index contributed by atoms with van der Waals surface area (Å²) in [6.45, 7) is 0.557. The first-order valence-corrected chi connectivity index (χ1v) is 5.80. The Labute approximate surface area is 98.1 Å². The summed E-state index contributed by atoms with van der Waals surface area (Å²) in [6, 6.07) is 3.95. The van der Waals surface area contributed by atoms with E-state index < -0.39 is 0 Å². The van der Waals surface area contributed by atoms with Gasteiger partial charge in [0.2, 0.25) is 0 Å². The lowest BCUT2D eigenvalue weighted by atomic mass is 10.2. The molecule has 0 spiro atoms. The highest BCUT2D eigenvalue weighted by molar-refractivity contribution is 7.99. The fourth-order valence-corrected chi connectivity index (χ4v) is 2.29. The molecule has 5 nitrogen and oxygen atoms in total. The van der Waals surface area contributed by atoms with Gasteiger partial charge >= 0.3 is 0 Å². The van der Waals surface area contributed by atoms with Crippen molar-refractivity contribution < 1.29 is 0 Å². The van der Waals surface area contributed by atoms with Crippen LogP contribution in [0.2, 0.25) is 0 Å². The minimum atomic E-state index is 0.186. The molecule has 0 aliphatic heterocycles. The first-order valence-electron chi connectivity index (χ1n) is 4.92. The molecule has 0 bridgehead atoms. The van der Waals surface area contributed by atoms with Crippen LogP contribution in [0.25, 0.3) is 0 Å². The normalized spacial score (nSPS) is 12.6. The van der Waals surface area contributed by atoms with Gasteiger partial charge in [-0.25, -0.2) is 0 Å². The van der Waals surface area contributed by atoms with E-state index in [0.29, 0.717) is 6.54 Å². The molecule has 0 saturated carbocycles. The monoisotopic (exact) mass is 235 g/mol. The summed E-state index contributed by atoms with van der Waals surface area (Å²) in [6.07, 6.45) is 5.23. The number of aromatic nitrogens is 4. The quantitative estimate of drug-likeness (QED) is 0.801. The number of aryl methyl sites for hydroxylation is 1. The van der Waals surface area contributed by atoms with Crippen molar-refractivity contribution >= 4 is 11.8 Å². The Balaban J connectivity index is 2.16. The van der Waals surface area contributed by atoms with E-state index in [-0.39, 0.29) is 5.25 Å². The van der Waals surface area contributed by atoms with Crippen LogP contribution in [0.5, 0.6) is 0 Å².